The zero-order valence-corrected chi connectivity index (χ0v) is 11.9. The van der Waals surface area contributed by atoms with Crippen LogP contribution in [0, 0.1) is 0 Å². The molecule has 0 spiro atoms. The standard InChI is InChI=1S/C13H15ClN2O4/c1-18-11-4-3-8(14)5-9(11)10-6-13(7-15,20-16-10)12(17)19-2/h3-5H,6-7,15H2,1-2H3. The van der Waals surface area contributed by atoms with Gasteiger partial charge in [-0.25, -0.2) is 4.79 Å². The third-order valence-electron chi connectivity index (χ3n) is 3.14. The number of methoxy groups -OCH3 is 2. The fourth-order valence-electron chi connectivity index (χ4n) is 2.02. The average Bonchev–Trinajstić information content (AvgIpc) is 2.92. The predicted octanol–water partition coefficient (Wildman–Crippen LogP) is 1.34. The lowest BCUT2D eigenvalue weighted by Gasteiger charge is -2.21. The first-order valence-corrected chi connectivity index (χ1v) is 6.31. The summed E-state index contributed by atoms with van der Waals surface area (Å²) in [5, 5.41) is 4.48. The molecule has 7 heteroatoms. The molecule has 1 heterocycles. The van der Waals surface area contributed by atoms with Gasteiger partial charge in [0.2, 0.25) is 0 Å². The Labute approximate surface area is 121 Å². The molecule has 1 aliphatic heterocycles. The van der Waals surface area contributed by atoms with Gasteiger partial charge in [-0.2, -0.15) is 0 Å². The molecule has 0 aliphatic carbocycles. The van der Waals surface area contributed by atoms with Gasteiger partial charge in [0.15, 0.2) is 0 Å². The Bertz CT molecular complexity index is 561. The topological polar surface area (TPSA) is 83.1 Å². The second kappa shape index (κ2) is 5.68. The maximum atomic E-state index is 11.8. The van der Waals surface area contributed by atoms with E-state index in [1.807, 2.05) is 0 Å². The van der Waals surface area contributed by atoms with Crippen LogP contribution in [0.4, 0.5) is 0 Å². The fourth-order valence-corrected chi connectivity index (χ4v) is 2.19. The highest BCUT2D eigenvalue weighted by Crippen LogP contribution is 2.32. The first-order chi connectivity index (χ1) is 9.56. The van der Waals surface area contributed by atoms with Crippen molar-refractivity contribution < 1.29 is 19.1 Å². The van der Waals surface area contributed by atoms with Gasteiger partial charge in [-0.3, -0.25) is 0 Å². The molecule has 1 unspecified atom stereocenters. The molecule has 0 fully saturated rings. The molecule has 2 N–H and O–H groups in total. The van der Waals surface area contributed by atoms with Gasteiger partial charge in [-0.05, 0) is 18.2 Å². The van der Waals surface area contributed by atoms with E-state index in [2.05, 4.69) is 5.16 Å². The zero-order chi connectivity index (χ0) is 14.8. The van der Waals surface area contributed by atoms with Gasteiger partial charge in [0, 0.05) is 23.6 Å². The molecule has 1 atom stereocenters. The molecule has 108 valence electrons. The van der Waals surface area contributed by atoms with Crippen molar-refractivity contribution in [3.63, 3.8) is 0 Å². The summed E-state index contributed by atoms with van der Waals surface area (Å²) in [6.45, 7) is -0.0322. The van der Waals surface area contributed by atoms with E-state index < -0.39 is 11.6 Å². The number of oxime groups is 1. The van der Waals surface area contributed by atoms with Gasteiger partial charge in [0.1, 0.15) is 5.75 Å². The third kappa shape index (κ3) is 2.44. The Morgan fingerprint density at radius 2 is 2.30 bits per heavy atom. The molecule has 1 aromatic carbocycles. The molecule has 1 aromatic rings. The minimum Gasteiger partial charge on any atom is -0.496 e. The molecule has 0 saturated heterocycles. The van der Waals surface area contributed by atoms with Crippen LogP contribution < -0.4 is 10.5 Å². The number of benzene rings is 1. The van der Waals surface area contributed by atoms with E-state index in [4.69, 9.17) is 31.6 Å². The summed E-state index contributed by atoms with van der Waals surface area (Å²) in [4.78, 5) is 17.0. The molecule has 2 rings (SSSR count). The summed E-state index contributed by atoms with van der Waals surface area (Å²) in [6, 6.07) is 5.13. The number of halogens is 1. The number of esters is 1. The van der Waals surface area contributed by atoms with Crippen LogP contribution in [-0.4, -0.2) is 38.0 Å². The van der Waals surface area contributed by atoms with Crippen molar-refractivity contribution in [3.05, 3.63) is 28.8 Å². The van der Waals surface area contributed by atoms with Crippen LogP contribution in [0.1, 0.15) is 12.0 Å². The van der Waals surface area contributed by atoms with Gasteiger partial charge in [0.25, 0.3) is 5.60 Å². The van der Waals surface area contributed by atoms with Crippen LogP contribution in [-0.2, 0) is 14.4 Å². The van der Waals surface area contributed by atoms with Crippen molar-refractivity contribution in [2.24, 2.45) is 10.9 Å². The lowest BCUT2D eigenvalue weighted by Crippen LogP contribution is -2.46. The quantitative estimate of drug-likeness (QED) is 0.848. The van der Waals surface area contributed by atoms with Crippen LogP contribution in [0.5, 0.6) is 5.75 Å². The van der Waals surface area contributed by atoms with Crippen molar-refractivity contribution >= 4 is 23.3 Å². The lowest BCUT2D eigenvalue weighted by atomic mass is 9.94. The van der Waals surface area contributed by atoms with Crippen molar-refractivity contribution in [2.45, 2.75) is 12.0 Å². The number of rotatable bonds is 4. The Kier molecular flexibility index (Phi) is 4.15. The summed E-state index contributed by atoms with van der Waals surface area (Å²) in [5.74, 6) is 0.0363. The lowest BCUT2D eigenvalue weighted by molar-refractivity contribution is -0.165. The van der Waals surface area contributed by atoms with E-state index in [9.17, 15) is 4.79 Å². The highest BCUT2D eigenvalue weighted by Gasteiger charge is 2.47. The van der Waals surface area contributed by atoms with Gasteiger partial charge in [0.05, 0.1) is 19.9 Å². The summed E-state index contributed by atoms with van der Waals surface area (Å²) in [5.41, 5.74) is 5.56. The van der Waals surface area contributed by atoms with Crippen molar-refractivity contribution in [3.8, 4) is 5.75 Å². The number of carbonyl (C=O) groups excluding carboxylic acids is 1. The summed E-state index contributed by atoms with van der Waals surface area (Å²) < 4.78 is 9.98. The number of nitrogens with zero attached hydrogens (tertiary/aromatic N) is 1. The number of nitrogens with two attached hydrogens (primary N) is 1. The van der Waals surface area contributed by atoms with E-state index in [1.54, 1.807) is 25.3 Å². The van der Waals surface area contributed by atoms with E-state index in [-0.39, 0.29) is 13.0 Å². The highest BCUT2D eigenvalue weighted by molar-refractivity contribution is 6.31. The largest absolute Gasteiger partial charge is 0.496 e. The molecule has 1 aliphatic rings. The Morgan fingerprint density at radius 3 is 2.90 bits per heavy atom. The number of carbonyl (C=O) groups is 1. The molecule has 6 nitrogen and oxygen atoms in total. The second-order valence-electron chi connectivity index (χ2n) is 4.34. The van der Waals surface area contributed by atoms with Crippen LogP contribution in [0.2, 0.25) is 5.02 Å². The minimum absolute atomic E-state index is 0.0322. The molecule has 0 amide bonds. The summed E-state index contributed by atoms with van der Waals surface area (Å²) in [7, 11) is 2.82. The summed E-state index contributed by atoms with van der Waals surface area (Å²) >= 11 is 5.98. The van der Waals surface area contributed by atoms with E-state index in [0.29, 0.717) is 22.0 Å². The zero-order valence-electron chi connectivity index (χ0n) is 11.2. The highest BCUT2D eigenvalue weighted by atomic mass is 35.5. The first-order valence-electron chi connectivity index (χ1n) is 5.94. The number of hydrogen-bond donors (Lipinski definition) is 1. The molecule has 0 bridgehead atoms. The monoisotopic (exact) mass is 298 g/mol. The molecule has 20 heavy (non-hydrogen) atoms. The third-order valence-corrected chi connectivity index (χ3v) is 3.38. The van der Waals surface area contributed by atoms with Crippen LogP contribution in [0.25, 0.3) is 0 Å². The summed E-state index contributed by atoms with van der Waals surface area (Å²) in [6.07, 6.45) is 0.201. The van der Waals surface area contributed by atoms with Crippen molar-refractivity contribution in [2.75, 3.05) is 20.8 Å². The van der Waals surface area contributed by atoms with Gasteiger partial charge in [-0.1, -0.05) is 16.8 Å². The molecule has 0 aromatic heterocycles. The van der Waals surface area contributed by atoms with E-state index >= 15 is 0 Å². The minimum atomic E-state index is -1.28. The van der Waals surface area contributed by atoms with Gasteiger partial charge in [-0.15, -0.1) is 0 Å². The Morgan fingerprint density at radius 1 is 1.55 bits per heavy atom. The molecule has 0 radical (unpaired) electrons. The van der Waals surface area contributed by atoms with E-state index in [1.165, 1.54) is 7.11 Å². The van der Waals surface area contributed by atoms with Crippen LogP contribution in [0.15, 0.2) is 23.4 Å². The smallest absolute Gasteiger partial charge is 0.354 e. The van der Waals surface area contributed by atoms with Crippen LogP contribution in [0.3, 0.4) is 0 Å². The fraction of sp³-hybridized carbons (Fsp3) is 0.385. The van der Waals surface area contributed by atoms with Crippen LogP contribution >= 0.6 is 11.6 Å². The van der Waals surface area contributed by atoms with E-state index in [0.717, 1.165) is 0 Å². The first kappa shape index (κ1) is 14.6. The SMILES string of the molecule is COC(=O)C1(CN)CC(c2cc(Cl)ccc2OC)=NO1. The molecule has 0 saturated carbocycles. The normalized spacial score (nSPS) is 21.1. The predicted molar refractivity (Wildman–Crippen MR) is 74.0 cm³/mol. The second-order valence-corrected chi connectivity index (χ2v) is 4.78. The number of ether oxygens (including phenoxy) is 2. The van der Waals surface area contributed by atoms with Gasteiger partial charge >= 0.3 is 5.97 Å². The van der Waals surface area contributed by atoms with Crippen molar-refractivity contribution in [1.29, 1.82) is 0 Å². The van der Waals surface area contributed by atoms with Crippen molar-refractivity contribution in [1.82, 2.24) is 0 Å². The van der Waals surface area contributed by atoms with Gasteiger partial charge < -0.3 is 20.0 Å². The molecular weight excluding hydrogens is 284 g/mol. The molecular formula is C13H15ClN2O4. The Hall–Kier alpha value is -1.79. The maximum Gasteiger partial charge on any atom is 0.354 e. The average molecular weight is 299 g/mol. The Balaban J connectivity index is 2.33. The number of hydrogen-bond acceptors (Lipinski definition) is 6. The maximum absolute atomic E-state index is 11.8.